The molecule has 52 valence electrons. The van der Waals surface area contributed by atoms with Crippen molar-refractivity contribution in [2.75, 3.05) is 0 Å². The van der Waals surface area contributed by atoms with Crippen LogP contribution in [0.3, 0.4) is 0 Å². The van der Waals surface area contributed by atoms with Gasteiger partial charge in [0.05, 0.1) is 5.92 Å². The molecule has 0 unspecified atom stereocenters. The Bertz CT molecular complexity index is 220. The van der Waals surface area contributed by atoms with E-state index in [1.165, 1.54) is 6.92 Å². The molecule has 0 rings (SSSR count). The molecule has 9 heavy (non-hydrogen) atoms. The minimum absolute atomic E-state index is 0.640. The molecular weight excluding hydrogens is 142 g/mol. The van der Waals surface area contributed by atoms with Crippen molar-refractivity contribution in [2.24, 2.45) is 11.7 Å². The topological polar surface area (TPSA) is 77.2 Å². The minimum atomic E-state index is -2.29. The van der Waals surface area contributed by atoms with Gasteiger partial charge in [0.1, 0.15) is 0 Å². The van der Waals surface area contributed by atoms with Gasteiger partial charge in [-0.15, -0.1) is 0 Å². The van der Waals surface area contributed by atoms with Crippen molar-refractivity contribution in [1.82, 2.24) is 0 Å². The third-order valence-electron chi connectivity index (χ3n) is 0.764. The number of carbonyl (C=O) groups excluding carboxylic acids is 1. The summed E-state index contributed by atoms with van der Waals surface area (Å²) in [6.45, 7) is 1.41. The molecule has 0 heterocycles. The highest BCUT2D eigenvalue weighted by Gasteiger charge is 2.03. The Morgan fingerprint density at radius 1 is 1.67 bits per heavy atom. The Labute approximate surface area is 54.2 Å². The average Bonchev–Trinajstić information content (AvgIpc) is 1.63. The molecule has 0 aromatic carbocycles. The van der Waals surface area contributed by atoms with Gasteiger partial charge in [0, 0.05) is 5.37 Å². The zero-order chi connectivity index (χ0) is 7.44. The smallest absolute Gasteiger partial charge is 0.225 e. The third-order valence-corrected chi connectivity index (χ3v) is 1.39. The van der Waals surface area contributed by atoms with Crippen molar-refractivity contribution in [2.45, 2.75) is 6.92 Å². The Hall–Kier alpha value is -0.840. The van der Waals surface area contributed by atoms with Crippen molar-refractivity contribution in [3.8, 4) is 0 Å². The van der Waals surface area contributed by atoms with Crippen LogP contribution in [0.1, 0.15) is 6.92 Å². The Kier molecular flexibility index (Phi) is 2.94. The van der Waals surface area contributed by atoms with Gasteiger partial charge in [-0.2, -0.15) is 8.42 Å². The molecule has 0 aromatic heterocycles. The summed E-state index contributed by atoms with van der Waals surface area (Å²) in [6, 6.07) is 0. The maximum atomic E-state index is 10.2. The van der Waals surface area contributed by atoms with E-state index in [9.17, 15) is 13.2 Å². The molecule has 0 radical (unpaired) electrons. The van der Waals surface area contributed by atoms with Crippen LogP contribution in [0.15, 0.2) is 0 Å². The van der Waals surface area contributed by atoms with Crippen LogP contribution < -0.4 is 5.73 Å². The maximum absolute atomic E-state index is 10.2. The van der Waals surface area contributed by atoms with E-state index in [2.05, 4.69) is 0 Å². The molecule has 1 atom stereocenters. The van der Waals surface area contributed by atoms with E-state index in [0.717, 1.165) is 5.37 Å². The summed E-state index contributed by atoms with van der Waals surface area (Å²) in [6.07, 6.45) is 0. The van der Waals surface area contributed by atoms with Crippen LogP contribution in [-0.4, -0.2) is 19.7 Å². The van der Waals surface area contributed by atoms with E-state index >= 15 is 0 Å². The van der Waals surface area contributed by atoms with Gasteiger partial charge in [0.2, 0.25) is 16.2 Å². The van der Waals surface area contributed by atoms with Crippen molar-refractivity contribution >= 4 is 21.6 Å². The molecule has 0 aliphatic rings. The van der Waals surface area contributed by atoms with E-state index in [1.807, 2.05) is 0 Å². The molecule has 0 aliphatic heterocycles. The van der Waals surface area contributed by atoms with Crippen LogP contribution in [0.2, 0.25) is 0 Å². The lowest BCUT2D eigenvalue weighted by atomic mass is 10.2. The monoisotopic (exact) mass is 149 g/mol. The SMILES string of the molecule is C[C@@H](C=S(=O)=O)C(N)=O. The lowest BCUT2D eigenvalue weighted by Gasteiger charge is -1.92. The lowest BCUT2D eigenvalue weighted by molar-refractivity contribution is -0.119. The summed E-state index contributed by atoms with van der Waals surface area (Å²) in [7, 11) is -2.29. The first-order valence-electron chi connectivity index (χ1n) is 2.26. The van der Waals surface area contributed by atoms with Gasteiger partial charge < -0.3 is 5.73 Å². The summed E-state index contributed by atoms with van der Waals surface area (Å²) < 4.78 is 19.7. The van der Waals surface area contributed by atoms with E-state index in [0.29, 0.717) is 0 Å². The normalized spacial score (nSPS) is 12.1. The first kappa shape index (κ1) is 8.16. The number of nitrogens with two attached hydrogens (primary N) is 1. The molecular formula is C4H7NO3S. The van der Waals surface area contributed by atoms with E-state index in [4.69, 9.17) is 5.73 Å². The summed E-state index contributed by atoms with van der Waals surface area (Å²) in [5, 5.41) is 0.850. The minimum Gasteiger partial charge on any atom is -0.369 e. The molecule has 2 N–H and O–H groups in total. The second-order valence-corrected chi connectivity index (χ2v) is 2.38. The lowest BCUT2D eigenvalue weighted by Crippen LogP contribution is -2.21. The number of hydrogen-bond donors (Lipinski definition) is 1. The van der Waals surface area contributed by atoms with Gasteiger partial charge in [0.25, 0.3) is 0 Å². The summed E-state index contributed by atoms with van der Waals surface area (Å²) in [5.74, 6) is -1.34. The average molecular weight is 149 g/mol. The second-order valence-electron chi connectivity index (χ2n) is 1.59. The molecule has 5 heteroatoms. The first-order valence-corrected chi connectivity index (χ1v) is 3.40. The van der Waals surface area contributed by atoms with Crippen LogP contribution >= 0.6 is 0 Å². The molecule has 0 saturated carbocycles. The largest absolute Gasteiger partial charge is 0.369 e. The molecule has 0 bridgehead atoms. The van der Waals surface area contributed by atoms with Gasteiger partial charge in [-0.05, 0) is 6.92 Å². The van der Waals surface area contributed by atoms with E-state index < -0.39 is 22.1 Å². The van der Waals surface area contributed by atoms with Crippen LogP contribution in [-0.2, 0) is 15.1 Å². The van der Waals surface area contributed by atoms with E-state index in [-0.39, 0.29) is 0 Å². The Balaban J connectivity index is 4.26. The Morgan fingerprint density at radius 3 is 2.22 bits per heavy atom. The van der Waals surface area contributed by atoms with Gasteiger partial charge in [-0.3, -0.25) is 4.79 Å². The molecule has 4 nitrogen and oxygen atoms in total. The third kappa shape index (κ3) is 3.72. The highest BCUT2D eigenvalue weighted by Crippen LogP contribution is 1.83. The molecule has 0 aliphatic carbocycles. The predicted octanol–water partition coefficient (Wildman–Crippen LogP) is -1.21. The zero-order valence-corrected chi connectivity index (χ0v) is 5.68. The number of amides is 1. The highest BCUT2D eigenvalue weighted by atomic mass is 32.2. The van der Waals surface area contributed by atoms with Crippen molar-refractivity contribution < 1.29 is 13.2 Å². The second kappa shape index (κ2) is 3.24. The van der Waals surface area contributed by atoms with Crippen molar-refractivity contribution in [1.29, 1.82) is 0 Å². The van der Waals surface area contributed by atoms with Gasteiger partial charge in [-0.25, -0.2) is 0 Å². The van der Waals surface area contributed by atoms with Crippen LogP contribution in [0.5, 0.6) is 0 Å². The van der Waals surface area contributed by atoms with Crippen LogP contribution in [0, 0.1) is 5.92 Å². The van der Waals surface area contributed by atoms with Gasteiger partial charge in [-0.1, -0.05) is 0 Å². The fraction of sp³-hybridized carbons (Fsp3) is 0.500. The fourth-order valence-electron chi connectivity index (χ4n) is 0.234. The van der Waals surface area contributed by atoms with Gasteiger partial charge in [0.15, 0.2) is 0 Å². The molecule has 0 saturated heterocycles. The number of hydrogen-bond acceptors (Lipinski definition) is 3. The highest BCUT2D eigenvalue weighted by molar-refractivity contribution is 7.71. The summed E-state index contributed by atoms with van der Waals surface area (Å²) in [5.41, 5.74) is 4.74. The number of rotatable bonds is 2. The molecule has 1 amide bonds. The fourth-order valence-corrected chi connectivity index (χ4v) is 0.701. The standard InChI is InChI=1S/C4H7NO3S/c1-3(4(5)6)2-9(7)8/h2-3H,1H3,(H2,5,6)/t3-/m0/s1. The first-order chi connectivity index (χ1) is 4.04. The van der Waals surface area contributed by atoms with E-state index in [1.54, 1.807) is 0 Å². The zero-order valence-electron chi connectivity index (χ0n) is 4.87. The number of carbonyl (C=O) groups is 1. The quantitative estimate of drug-likeness (QED) is 0.500. The molecule has 0 spiro atoms. The number of primary amides is 1. The van der Waals surface area contributed by atoms with Crippen LogP contribution in [0.25, 0.3) is 0 Å². The predicted molar refractivity (Wildman–Crippen MR) is 33.3 cm³/mol. The summed E-state index contributed by atoms with van der Waals surface area (Å²) >= 11 is 0. The van der Waals surface area contributed by atoms with Crippen LogP contribution in [0.4, 0.5) is 0 Å². The Morgan fingerprint density at radius 2 is 2.11 bits per heavy atom. The molecule has 0 fully saturated rings. The summed E-state index contributed by atoms with van der Waals surface area (Å²) in [4.78, 5) is 10.2. The van der Waals surface area contributed by atoms with Crippen molar-refractivity contribution in [3.63, 3.8) is 0 Å². The molecule has 0 aromatic rings. The van der Waals surface area contributed by atoms with Crippen molar-refractivity contribution in [3.05, 3.63) is 0 Å². The maximum Gasteiger partial charge on any atom is 0.225 e. The van der Waals surface area contributed by atoms with Gasteiger partial charge >= 0.3 is 0 Å².